The van der Waals surface area contributed by atoms with Crippen molar-refractivity contribution in [1.29, 1.82) is 0 Å². The summed E-state index contributed by atoms with van der Waals surface area (Å²) in [4.78, 5) is 21.1. The van der Waals surface area contributed by atoms with Crippen LogP contribution in [-0.4, -0.2) is 21.6 Å². The minimum atomic E-state index is -0.0714. The number of carbonyl (C=O) groups is 1. The van der Waals surface area contributed by atoms with Crippen LogP contribution >= 0.6 is 11.8 Å². The largest absolute Gasteiger partial charge is 0.451 e. The average molecular weight is 377 g/mol. The smallest absolute Gasteiger partial charge is 0.234 e. The summed E-state index contributed by atoms with van der Waals surface area (Å²) < 4.78 is 5.91. The van der Waals surface area contributed by atoms with E-state index in [9.17, 15) is 4.79 Å². The predicted octanol–water partition coefficient (Wildman–Crippen LogP) is 5.03. The topological polar surface area (TPSA) is 68.0 Å². The van der Waals surface area contributed by atoms with Gasteiger partial charge in [0.2, 0.25) is 5.91 Å². The monoisotopic (exact) mass is 377 g/mol. The summed E-state index contributed by atoms with van der Waals surface area (Å²) in [6.07, 6.45) is 1.51. The fourth-order valence-electron chi connectivity index (χ4n) is 3.29. The van der Waals surface area contributed by atoms with Crippen molar-refractivity contribution in [2.75, 3.05) is 11.1 Å². The number of hydrogen-bond donors (Lipinski definition) is 1. The molecule has 0 saturated heterocycles. The Morgan fingerprint density at radius 3 is 2.63 bits per heavy atom. The van der Waals surface area contributed by atoms with E-state index in [1.165, 1.54) is 23.7 Å². The van der Waals surface area contributed by atoms with Crippen molar-refractivity contribution in [1.82, 2.24) is 9.97 Å². The summed E-state index contributed by atoms with van der Waals surface area (Å²) in [7, 11) is 0. The number of aromatic nitrogens is 2. The molecular formula is C21H19N3O2S. The molecule has 2 aromatic heterocycles. The van der Waals surface area contributed by atoms with Crippen LogP contribution in [0.4, 0.5) is 5.69 Å². The number of para-hydroxylation sites is 1. The van der Waals surface area contributed by atoms with Crippen LogP contribution in [0.25, 0.3) is 22.1 Å². The third kappa shape index (κ3) is 3.40. The first kappa shape index (κ1) is 17.5. The fourth-order valence-corrected chi connectivity index (χ4v) is 4.02. The van der Waals surface area contributed by atoms with E-state index in [1.54, 1.807) is 0 Å². The second kappa shape index (κ2) is 7.04. The van der Waals surface area contributed by atoms with Crippen molar-refractivity contribution in [2.24, 2.45) is 0 Å². The van der Waals surface area contributed by atoms with E-state index >= 15 is 0 Å². The fraction of sp³-hybridized carbons (Fsp3) is 0.190. The van der Waals surface area contributed by atoms with Gasteiger partial charge in [-0.3, -0.25) is 4.79 Å². The lowest BCUT2D eigenvalue weighted by Crippen LogP contribution is -2.16. The van der Waals surface area contributed by atoms with Crippen molar-refractivity contribution in [3.63, 3.8) is 0 Å². The standard InChI is InChI=1S/C21H19N3O2S/c1-12-8-13(2)18(14(3)9-12)24-17(25)10-27-21-20-19(22-11-23-21)15-6-4-5-7-16(15)26-20/h4-9,11H,10H2,1-3H3,(H,24,25). The first-order valence-electron chi connectivity index (χ1n) is 8.65. The van der Waals surface area contributed by atoms with Gasteiger partial charge in [0.05, 0.1) is 5.75 Å². The normalized spacial score (nSPS) is 11.2. The number of benzene rings is 2. The zero-order valence-corrected chi connectivity index (χ0v) is 16.2. The van der Waals surface area contributed by atoms with Crippen LogP contribution in [-0.2, 0) is 4.79 Å². The number of nitrogens with one attached hydrogen (secondary N) is 1. The van der Waals surface area contributed by atoms with E-state index in [2.05, 4.69) is 34.3 Å². The van der Waals surface area contributed by atoms with Crippen LogP contribution in [0, 0.1) is 20.8 Å². The molecular weight excluding hydrogens is 358 g/mol. The summed E-state index contributed by atoms with van der Waals surface area (Å²) in [5.74, 6) is 0.175. The summed E-state index contributed by atoms with van der Waals surface area (Å²) in [6, 6.07) is 11.9. The molecule has 0 saturated carbocycles. The second-order valence-corrected chi connectivity index (χ2v) is 7.53. The lowest BCUT2D eigenvalue weighted by atomic mass is 10.1. The lowest BCUT2D eigenvalue weighted by Gasteiger charge is -2.12. The van der Waals surface area contributed by atoms with Crippen LogP contribution in [0.3, 0.4) is 0 Å². The third-order valence-corrected chi connectivity index (χ3v) is 5.38. The van der Waals surface area contributed by atoms with E-state index in [0.29, 0.717) is 10.6 Å². The van der Waals surface area contributed by atoms with Gasteiger partial charge in [-0.25, -0.2) is 9.97 Å². The molecule has 5 nitrogen and oxygen atoms in total. The Bertz CT molecular complexity index is 1140. The first-order chi connectivity index (χ1) is 13.0. The number of nitrogens with zero attached hydrogens (tertiary/aromatic N) is 2. The molecule has 27 heavy (non-hydrogen) atoms. The highest BCUT2D eigenvalue weighted by Crippen LogP contribution is 2.32. The van der Waals surface area contributed by atoms with Crippen LogP contribution in [0.15, 0.2) is 52.2 Å². The molecule has 136 valence electrons. The highest BCUT2D eigenvalue weighted by molar-refractivity contribution is 8.00. The number of hydrogen-bond acceptors (Lipinski definition) is 5. The number of fused-ring (bicyclic) bond motifs is 3. The number of anilines is 1. The molecule has 2 heterocycles. The molecule has 0 fully saturated rings. The zero-order valence-electron chi connectivity index (χ0n) is 15.4. The van der Waals surface area contributed by atoms with E-state index < -0.39 is 0 Å². The number of aryl methyl sites for hydroxylation is 3. The maximum Gasteiger partial charge on any atom is 0.234 e. The Labute approximate surface area is 161 Å². The van der Waals surface area contributed by atoms with Gasteiger partial charge in [-0.2, -0.15) is 0 Å². The third-order valence-electron chi connectivity index (χ3n) is 4.41. The van der Waals surface area contributed by atoms with Gasteiger partial charge in [0.15, 0.2) is 5.58 Å². The zero-order chi connectivity index (χ0) is 19.0. The SMILES string of the molecule is Cc1cc(C)c(NC(=O)CSc2ncnc3c2oc2ccccc23)c(C)c1. The molecule has 6 heteroatoms. The van der Waals surface area contributed by atoms with Gasteiger partial charge in [0.25, 0.3) is 0 Å². The molecule has 0 unspecified atom stereocenters. The van der Waals surface area contributed by atoms with Gasteiger partial charge in [0, 0.05) is 11.1 Å². The second-order valence-electron chi connectivity index (χ2n) is 6.57. The Balaban J connectivity index is 1.54. The number of rotatable bonds is 4. The molecule has 1 amide bonds. The van der Waals surface area contributed by atoms with Gasteiger partial charge < -0.3 is 9.73 Å². The van der Waals surface area contributed by atoms with Crippen molar-refractivity contribution < 1.29 is 9.21 Å². The number of thioether (sulfide) groups is 1. The van der Waals surface area contributed by atoms with Crippen molar-refractivity contribution in [2.45, 2.75) is 25.8 Å². The minimum Gasteiger partial charge on any atom is -0.451 e. The van der Waals surface area contributed by atoms with E-state index in [1.807, 2.05) is 38.1 Å². The summed E-state index contributed by atoms with van der Waals surface area (Å²) >= 11 is 1.35. The molecule has 0 aliphatic carbocycles. The van der Waals surface area contributed by atoms with Crippen LogP contribution in [0.5, 0.6) is 0 Å². The van der Waals surface area contributed by atoms with Gasteiger partial charge >= 0.3 is 0 Å². The highest BCUT2D eigenvalue weighted by atomic mass is 32.2. The maximum absolute atomic E-state index is 12.5. The summed E-state index contributed by atoms with van der Waals surface area (Å²) in [6.45, 7) is 6.06. The Hall–Kier alpha value is -2.86. The number of furan rings is 1. The lowest BCUT2D eigenvalue weighted by molar-refractivity contribution is -0.113. The predicted molar refractivity (Wildman–Crippen MR) is 109 cm³/mol. The molecule has 0 aliphatic heterocycles. The van der Waals surface area contributed by atoms with Crippen molar-refractivity contribution in [3.05, 3.63) is 59.4 Å². The molecule has 2 aromatic carbocycles. The van der Waals surface area contributed by atoms with E-state index in [0.717, 1.165) is 33.3 Å². The molecule has 4 aromatic rings. The van der Waals surface area contributed by atoms with E-state index in [-0.39, 0.29) is 11.7 Å². The maximum atomic E-state index is 12.5. The molecule has 0 aliphatic rings. The van der Waals surface area contributed by atoms with Crippen molar-refractivity contribution >= 4 is 45.4 Å². The summed E-state index contributed by atoms with van der Waals surface area (Å²) in [5.41, 5.74) is 6.35. The Morgan fingerprint density at radius 2 is 1.85 bits per heavy atom. The van der Waals surface area contributed by atoms with Gasteiger partial charge in [-0.15, -0.1) is 0 Å². The van der Waals surface area contributed by atoms with Gasteiger partial charge in [0.1, 0.15) is 22.5 Å². The number of amides is 1. The summed E-state index contributed by atoms with van der Waals surface area (Å²) in [5, 5.41) is 4.64. The molecule has 0 atom stereocenters. The molecule has 4 rings (SSSR count). The average Bonchev–Trinajstić information content (AvgIpc) is 3.02. The van der Waals surface area contributed by atoms with Crippen LogP contribution < -0.4 is 5.32 Å². The number of carbonyl (C=O) groups excluding carboxylic acids is 1. The molecule has 0 spiro atoms. The molecule has 0 radical (unpaired) electrons. The van der Waals surface area contributed by atoms with Gasteiger partial charge in [-0.05, 0) is 44.0 Å². The minimum absolute atomic E-state index is 0.0714. The van der Waals surface area contributed by atoms with E-state index in [4.69, 9.17) is 4.42 Å². The highest BCUT2D eigenvalue weighted by Gasteiger charge is 2.15. The van der Waals surface area contributed by atoms with Gasteiger partial charge in [-0.1, -0.05) is 41.6 Å². The Kier molecular flexibility index (Phi) is 4.58. The van der Waals surface area contributed by atoms with Crippen molar-refractivity contribution in [3.8, 4) is 0 Å². The molecule has 1 N–H and O–H groups in total. The quantitative estimate of drug-likeness (QED) is 0.399. The Morgan fingerprint density at radius 1 is 1.11 bits per heavy atom. The molecule has 0 bridgehead atoms. The van der Waals surface area contributed by atoms with Crippen LogP contribution in [0.2, 0.25) is 0 Å². The van der Waals surface area contributed by atoms with Crippen LogP contribution in [0.1, 0.15) is 16.7 Å². The first-order valence-corrected chi connectivity index (χ1v) is 9.64.